The highest BCUT2D eigenvalue weighted by Gasteiger charge is 2.51. The number of nitrogen functional groups attached to an aromatic ring is 1. The molecule has 3 heterocycles. The van der Waals surface area contributed by atoms with E-state index in [0.29, 0.717) is 18.2 Å². The second kappa shape index (κ2) is 8.85. The molecule has 2 aromatic carbocycles. The van der Waals surface area contributed by atoms with Gasteiger partial charge in [0.25, 0.3) is 5.91 Å². The van der Waals surface area contributed by atoms with Crippen LogP contribution in [-0.4, -0.2) is 52.9 Å². The van der Waals surface area contributed by atoms with Gasteiger partial charge < -0.3 is 25.6 Å². The van der Waals surface area contributed by atoms with Crippen molar-refractivity contribution in [2.45, 2.75) is 38.8 Å². The molecule has 0 atom stereocenters. The number of piperidine rings is 1. The lowest BCUT2D eigenvalue weighted by Crippen LogP contribution is -2.50. The number of likely N-dealkylation sites (tertiary alicyclic amines) is 1. The average Bonchev–Trinajstić information content (AvgIpc) is 3.07. The minimum atomic E-state index is -0.346. The number of carbonyl (C=O) groups excluding carboxylic acids is 1. The summed E-state index contributed by atoms with van der Waals surface area (Å²) in [6, 6.07) is 12.1. The summed E-state index contributed by atoms with van der Waals surface area (Å²) in [5.41, 5.74) is 11.3. The molecule has 3 aromatic rings. The molecule has 8 nitrogen and oxygen atoms in total. The molecule has 35 heavy (non-hydrogen) atoms. The third-order valence-electron chi connectivity index (χ3n) is 7.51. The zero-order valence-corrected chi connectivity index (χ0v) is 20.8. The number of benzene rings is 2. The van der Waals surface area contributed by atoms with Crippen molar-refractivity contribution in [3.05, 3.63) is 70.5 Å². The first-order chi connectivity index (χ1) is 16.8. The number of nitrogens with two attached hydrogens (primary N) is 1. The maximum Gasteiger partial charge on any atom is 0.255 e. The number of anilines is 3. The summed E-state index contributed by atoms with van der Waals surface area (Å²) >= 11 is 0. The Kier molecular flexibility index (Phi) is 5.84. The van der Waals surface area contributed by atoms with Gasteiger partial charge >= 0.3 is 0 Å². The minimum Gasteiger partial charge on any atom is -0.497 e. The number of ether oxygens (including phenoxy) is 1. The monoisotopic (exact) mass is 472 g/mol. The van der Waals surface area contributed by atoms with Crippen LogP contribution in [0.2, 0.25) is 0 Å². The molecule has 182 valence electrons. The van der Waals surface area contributed by atoms with Gasteiger partial charge in [-0.25, -0.2) is 9.97 Å². The van der Waals surface area contributed by atoms with Crippen LogP contribution in [0.15, 0.2) is 42.7 Å². The molecule has 1 spiro atoms. The molecule has 1 aromatic heterocycles. The lowest BCUT2D eigenvalue weighted by molar-refractivity contribution is 0.0273. The first-order valence-electron chi connectivity index (χ1n) is 11.9. The minimum absolute atomic E-state index is 0.104. The molecule has 5 rings (SSSR count). The molecule has 0 saturated carbocycles. The normalized spacial score (nSPS) is 17.0. The van der Waals surface area contributed by atoms with Gasteiger partial charge in [0.2, 0.25) is 0 Å². The van der Waals surface area contributed by atoms with Gasteiger partial charge in [-0.05, 0) is 74.7 Å². The fraction of sp³-hybridized carbons (Fsp3) is 0.370. The highest BCUT2D eigenvalue weighted by molar-refractivity contribution is 6.02. The largest absolute Gasteiger partial charge is 0.497 e. The van der Waals surface area contributed by atoms with Crippen molar-refractivity contribution >= 4 is 23.2 Å². The highest BCUT2D eigenvalue weighted by atomic mass is 16.5. The Morgan fingerprint density at radius 1 is 1.11 bits per heavy atom. The summed E-state index contributed by atoms with van der Waals surface area (Å²) in [5, 5.41) is 3.42. The van der Waals surface area contributed by atoms with E-state index in [1.165, 1.54) is 6.33 Å². The second-order valence-corrected chi connectivity index (χ2v) is 9.65. The first-order valence-corrected chi connectivity index (χ1v) is 11.9. The van der Waals surface area contributed by atoms with Crippen molar-refractivity contribution in [2.75, 3.05) is 38.3 Å². The Hall–Kier alpha value is -3.65. The van der Waals surface area contributed by atoms with E-state index >= 15 is 0 Å². The average molecular weight is 473 g/mol. The summed E-state index contributed by atoms with van der Waals surface area (Å²) in [6.45, 7) is 6.35. The van der Waals surface area contributed by atoms with Gasteiger partial charge in [-0.3, -0.25) is 4.79 Å². The van der Waals surface area contributed by atoms with Gasteiger partial charge in [0, 0.05) is 36.4 Å². The lowest BCUT2D eigenvalue weighted by Gasteiger charge is -2.45. The van der Waals surface area contributed by atoms with Crippen molar-refractivity contribution in [1.82, 2.24) is 19.8 Å². The zero-order chi connectivity index (χ0) is 24.7. The van der Waals surface area contributed by atoms with Crippen LogP contribution in [0.5, 0.6) is 5.75 Å². The third kappa shape index (κ3) is 3.97. The quantitative estimate of drug-likeness (QED) is 0.579. The van der Waals surface area contributed by atoms with E-state index in [0.717, 1.165) is 65.2 Å². The van der Waals surface area contributed by atoms with Gasteiger partial charge in [0.05, 0.1) is 12.6 Å². The molecular weight excluding hydrogens is 440 g/mol. The van der Waals surface area contributed by atoms with Gasteiger partial charge in [-0.1, -0.05) is 12.1 Å². The number of rotatable bonds is 5. The Morgan fingerprint density at radius 2 is 1.83 bits per heavy atom. The van der Waals surface area contributed by atoms with Crippen LogP contribution in [0.25, 0.3) is 0 Å². The molecule has 0 unspecified atom stereocenters. The van der Waals surface area contributed by atoms with E-state index in [2.05, 4.69) is 38.2 Å². The van der Waals surface area contributed by atoms with Crippen molar-refractivity contribution in [3.63, 3.8) is 0 Å². The van der Waals surface area contributed by atoms with Crippen LogP contribution in [0, 0.1) is 13.8 Å². The van der Waals surface area contributed by atoms with Gasteiger partial charge in [0.15, 0.2) is 0 Å². The summed E-state index contributed by atoms with van der Waals surface area (Å²) in [7, 11) is 3.80. The molecular formula is C27H32N6O2. The SMILES string of the molecule is COc1ccc(CN2C(=O)c3c(C)cc(Nc4ncnc(N)c4C)cc3C23CCN(C)CC3)cc1. The number of hydrogen-bond acceptors (Lipinski definition) is 7. The molecule has 2 aliphatic rings. The van der Waals surface area contributed by atoms with Crippen LogP contribution in [0.4, 0.5) is 17.3 Å². The number of nitrogens with one attached hydrogen (secondary N) is 1. The number of carbonyl (C=O) groups is 1. The van der Waals surface area contributed by atoms with E-state index in [1.807, 2.05) is 44.2 Å². The summed E-state index contributed by atoms with van der Waals surface area (Å²) in [4.78, 5) is 26.8. The molecule has 2 aliphatic heterocycles. The van der Waals surface area contributed by atoms with Gasteiger partial charge in [-0.2, -0.15) is 0 Å². The number of aromatic nitrogens is 2. The summed E-state index contributed by atoms with van der Waals surface area (Å²) < 4.78 is 5.32. The molecule has 0 bridgehead atoms. The number of methoxy groups -OCH3 is 1. The number of nitrogens with zero attached hydrogens (tertiary/aromatic N) is 4. The summed E-state index contributed by atoms with van der Waals surface area (Å²) in [6.07, 6.45) is 3.24. The highest BCUT2D eigenvalue weighted by Crippen LogP contribution is 2.49. The fourth-order valence-electron chi connectivity index (χ4n) is 5.38. The Labute approximate surface area is 206 Å². The standard InChI is InChI=1S/C27H32N6O2/c1-17-13-20(31-25-18(2)24(28)29-16-30-25)14-22-23(17)26(34)33(27(22)9-11-32(3)12-10-27)15-19-5-7-21(35-4)8-6-19/h5-8,13-14,16H,9-12,15H2,1-4H3,(H3,28,29,30,31). The molecule has 3 N–H and O–H groups in total. The van der Waals surface area contributed by atoms with Crippen LogP contribution in [0.3, 0.4) is 0 Å². The molecule has 1 saturated heterocycles. The second-order valence-electron chi connectivity index (χ2n) is 9.65. The molecule has 8 heteroatoms. The molecule has 1 amide bonds. The van der Waals surface area contributed by atoms with Crippen LogP contribution >= 0.6 is 0 Å². The van der Waals surface area contributed by atoms with E-state index in [9.17, 15) is 4.79 Å². The number of amides is 1. The number of fused-ring (bicyclic) bond motifs is 2. The van der Waals surface area contributed by atoms with Crippen molar-refractivity contribution < 1.29 is 9.53 Å². The molecule has 1 fully saturated rings. The predicted octanol–water partition coefficient (Wildman–Crippen LogP) is 4.00. The fourth-order valence-corrected chi connectivity index (χ4v) is 5.38. The lowest BCUT2D eigenvalue weighted by atomic mass is 9.79. The van der Waals surface area contributed by atoms with E-state index < -0.39 is 0 Å². The molecule has 0 aliphatic carbocycles. The van der Waals surface area contributed by atoms with E-state index in [-0.39, 0.29) is 11.4 Å². The maximum atomic E-state index is 13.9. The van der Waals surface area contributed by atoms with Gasteiger partial charge in [-0.15, -0.1) is 0 Å². The number of hydrogen-bond donors (Lipinski definition) is 2. The van der Waals surface area contributed by atoms with Gasteiger partial charge in [0.1, 0.15) is 23.7 Å². The molecule has 0 radical (unpaired) electrons. The van der Waals surface area contributed by atoms with Crippen LogP contribution in [0.1, 0.15) is 45.5 Å². The number of aryl methyl sites for hydroxylation is 1. The van der Waals surface area contributed by atoms with Crippen LogP contribution in [-0.2, 0) is 12.1 Å². The van der Waals surface area contributed by atoms with E-state index in [4.69, 9.17) is 10.5 Å². The topological polar surface area (TPSA) is 96.6 Å². The third-order valence-corrected chi connectivity index (χ3v) is 7.51. The Bertz CT molecular complexity index is 1270. The summed E-state index contributed by atoms with van der Waals surface area (Å²) in [5.74, 6) is 2.04. The van der Waals surface area contributed by atoms with Crippen molar-refractivity contribution in [3.8, 4) is 5.75 Å². The smallest absolute Gasteiger partial charge is 0.255 e. The van der Waals surface area contributed by atoms with E-state index in [1.54, 1.807) is 7.11 Å². The Balaban J connectivity index is 1.56. The van der Waals surface area contributed by atoms with Crippen molar-refractivity contribution in [2.24, 2.45) is 0 Å². The predicted molar refractivity (Wildman–Crippen MR) is 137 cm³/mol. The van der Waals surface area contributed by atoms with Crippen molar-refractivity contribution in [1.29, 1.82) is 0 Å². The maximum absolute atomic E-state index is 13.9. The zero-order valence-electron chi connectivity index (χ0n) is 20.8. The first kappa shape index (κ1) is 23.1. The van der Waals surface area contributed by atoms with Crippen LogP contribution < -0.4 is 15.8 Å². The Morgan fingerprint density at radius 3 is 2.51 bits per heavy atom.